The molecule has 1 unspecified atom stereocenters. The van der Waals surface area contributed by atoms with E-state index in [9.17, 15) is 0 Å². The first-order valence-electron chi connectivity index (χ1n) is 6.24. The fraction of sp³-hybridized carbons (Fsp3) is 0.571. The minimum Gasteiger partial charge on any atom is -0.346 e. The van der Waals surface area contributed by atoms with E-state index in [0.29, 0.717) is 5.92 Å². The Labute approximate surface area is 106 Å². The van der Waals surface area contributed by atoms with Gasteiger partial charge in [-0.3, -0.25) is 0 Å². The van der Waals surface area contributed by atoms with E-state index in [2.05, 4.69) is 32.0 Å². The van der Waals surface area contributed by atoms with Crippen molar-refractivity contribution in [1.82, 2.24) is 10.2 Å². The van der Waals surface area contributed by atoms with Crippen LogP contribution in [-0.4, -0.2) is 18.5 Å². The molecule has 98 valence electrons. The number of nitrogens with two attached hydrogens (primary N) is 1. The number of nitrogens with zero attached hydrogens (tertiary/aromatic N) is 1. The summed E-state index contributed by atoms with van der Waals surface area (Å²) >= 11 is 0. The van der Waals surface area contributed by atoms with Gasteiger partial charge in [0.1, 0.15) is 5.82 Å². The number of hydrogen-bond donors (Lipinski definition) is 2. The Bertz CT molecular complexity index is 254. The highest BCUT2D eigenvalue weighted by Crippen LogP contribution is 2.13. The topological polar surface area (TPSA) is 41.3 Å². The van der Waals surface area contributed by atoms with Crippen LogP contribution in [0.2, 0.25) is 0 Å². The maximum Gasteiger partial charge on any atom is 0.102 e. The second kappa shape index (κ2) is 8.88. The normalized spacial score (nSPS) is 11.7. The molecule has 1 atom stereocenters. The van der Waals surface area contributed by atoms with Crippen molar-refractivity contribution in [2.24, 2.45) is 11.7 Å². The summed E-state index contributed by atoms with van der Waals surface area (Å²) in [6, 6.07) is 0. The van der Waals surface area contributed by atoms with Crippen molar-refractivity contribution in [1.29, 1.82) is 0 Å². The van der Waals surface area contributed by atoms with E-state index in [4.69, 9.17) is 5.73 Å². The van der Waals surface area contributed by atoms with E-state index in [1.807, 2.05) is 11.9 Å². The van der Waals surface area contributed by atoms with Gasteiger partial charge < -0.3 is 16.0 Å². The molecule has 17 heavy (non-hydrogen) atoms. The molecule has 0 spiro atoms. The summed E-state index contributed by atoms with van der Waals surface area (Å²) in [7, 11) is 1.90. The zero-order valence-electron chi connectivity index (χ0n) is 11.3. The van der Waals surface area contributed by atoms with Gasteiger partial charge in [0.2, 0.25) is 0 Å². The van der Waals surface area contributed by atoms with Gasteiger partial charge in [-0.15, -0.1) is 0 Å². The number of rotatable bonds is 10. The monoisotopic (exact) mass is 237 g/mol. The molecule has 0 amide bonds. The van der Waals surface area contributed by atoms with Crippen molar-refractivity contribution in [2.75, 3.05) is 13.6 Å². The van der Waals surface area contributed by atoms with Gasteiger partial charge in [0.05, 0.1) is 0 Å². The van der Waals surface area contributed by atoms with Gasteiger partial charge in [0.15, 0.2) is 0 Å². The smallest absolute Gasteiger partial charge is 0.102 e. The predicted molar refractivity (Wildman–Crippen MR) is 76.1 cm³/mol. The van der Waals surface area contributed by atoms with Crippen LogP contribution in [0, 0.1) is 5.92 Å². The van der Waals surface area contributed by atoms with E-state index in [0.717, 1.165) is 43.7 Å². The molecule has 0 radical (unpaired) electrons. The van der Waals surface area contributed by atoms with E-state index < -0.39 is 0 Å². The lowest BCUT2D eigenvalue weighted by atomic mass is 9.99. The van der Waals surface area contributed by atoms with E-state index in [1.54, 1.807) is 6.20 Å². The largest absolute Gasteiger partial charge is 0.346 e. The van der Waals surface area contributed by atoms with Crippen molar-refractivity contribution in [2.45, 2.75) is 32.6 Å². The first kappa shape index (κ1) is 15.8. The standard InChI is InChI=1S/C14H27N3/c1-6-14(11-15)10-8-9-12(3)16-13(4)17(5)7-2/h7,14,16H,2-4,6,8-11,15H2,1,5H3. The zero-order valence-corrected chi connectivity index (χ0v) is 11.3. The third-order valence-corrected chi connectivity index (χ3v) is 3.02. The molecular formula is C14H27N3. The van der Waals surface area contributed by atoms with Crippen LogP contribution in [-0.2, 0) is 0 Å². The van der Waals surface area contributed by atoms with Crippen LogP contribution >= 0.6 is 0 Å². The van der Waals surface area contributed by atoms with Crippen LogP contribution < -0.4 is 11.1 Å². The molecule has 3 nitrogen and oxygen atoms in total. The summed E-state index contributed by atoms with van der Waals surface area (Å²) in [5, 5.41) is 3.17. The second-order valence-corrected chi connectivity index (χ2v) is 4.37. The predicted octanol–water partition coefficient (Wildman–Crippen LogP) is 2.79. The molecule has 0 fully saturated rings. The van der Waals surface area contributed by atoms with Crippen LogP contribution in [0.25, 0.3) is 0 Å². The molecular weight excluding hydrogens is 210 g/mol. The van der Waals surface area contributed by atoms with Crippen molar-refractivity contribution in [3.63, 3.8) is 0 Å². The Morgan fingerprint density at radius 1 is 1.47 bits per heavy atom. The lowest BCUT2D eigenvalue weighted by Crippen LogP contribution is -2.23. The highest BCUT2D eigenvalue weighted by Gasteiger charge is 2.04. The van der Waals surface area contributed by atoms with E-state index in [-0.39, 0.29) is 0 Å². The molecule has 0 aliphatic rings. The maximum absolute atomic E-state index is 5.67. The Morgan fingerprint density at radius 3 is 2.59 bits per heavy atom. The van der Waals surface area contributed by atoms with Gasteiger partial charge >= 0.3 is 0 Å². The molecule has 0 saturated carbocycles. The van der Waals surface area contributed by atoms with Crippen LogP contribution in [0.4, 0.5) is 0 Å². The molecule has 0 aromatic heterocycles. The van der Waals surface area contributed by atoms with Gasteiger partial charge in [0.25, 0.3) is 0 Å². The lowest BCUT2D eigenvalue weighted by molar-refractivity contribution is 0.458. The first-order valence-corrected chi connectivity index (χ1v) is 6.24. The first-order chi connectivity index (χ1) is 8.04. The van der Waals surface area contributed by atoms with Gasteiger partial charge in [-0.25, -0.2) is 0 Å². The summed E-state index contributed by atoms with van der Waals surface area (Å²) in [6.07, 6.45) is 6.11. The molecule has 0 aliphatic heterocycles. The SMILES string of the molecule is C=CN(C)C(=C)NC(=C)CCCC(CC)CN. The Hall–Kier alpha value is -1.22. The van der Waals surface area contributed by atoms with Gasteiger partial charge in [0, 0.05) is 12.7 Å². The highest BCUT2D eigenvalue weighted by molar-refractivity contribution is 5.05. The number of allylic oxidation sites excluding steroid dienone is 1. The van der Waals surface area contributed by atoms with Gasteiger partial charge in [-0.05, 0) is 37.9 Å². The quantitative estimate of drug-likeness (QED) is 0.614. The highest BCUT2D eigenvalue weighted by atomic mass is 15.2. The molecule has 0 aromatic rings. The summed E-state index contributed by atoms with van der Waals surface area (Å²) in [5.41, 5.74) is 6.66. The van der Waals surface area contributed by atoms with E-state index >= 15 is 0 Å². The number of nitrogens with one attached hydrogen (secondary N) is 1. The summed E-state index contributed by atoms with van der Waals surface area (Å²) in [4.78, 5) is 1.83. The molecule has 0 aliphatic carbocycles. The van der Waals surface area contributed by atoms with Crippen molar-refractivity contribution >= 4 is 0 Å². The fourth-order valence-electron chi connectivity index (χ4n) is 1.56. The minimum atomic E-state index is 0.641. The molecule has 0 heterocycles. The van der Waals surface area contributed by atoms with Crippen molar-refractivity contribution < 1.29 is 0 Å². The van der Waals surface area contributed by atoms with Crippen LogP contribution in [0.3, 0.4) is 0 Å². The summed E-state index contributed by atoms with van der Waals surface area (Å²) in [5.74, 6) is 1.44. The second-order valence-electron chi connectivity index (χ2n) is 4.37. The third kappa shape index (κ3) is 6.84. The average Bonchev–Trinajstić information content (AvgIpc) is 2.33. The molecule has 0 saturated heterocycles. The zero-order chi connectivity index (χ0) is 13.3. The minimum absolute atomic E-state index is 0.641. The van der Waals surface area contributed by atoms with Gasteiger partial charge in [-0.1, -0.05) is 33.1 Å². The van der Waals surface area contributed by atoms with E-state index in [1.165, 1.54) is 0 Å². The van der Waals surface area contributed by atoms with Crippen molar-refractivity contribution in [3.05, 3.63) is 37.5 Å². The third-order valence-electron chi connectivity index (χ3n) is 3.02. The summed E-state index contributed by atoms with van der Waals surface area (Å²) < 4.78 is 0. The molecule has 0 rings (SSSR count). The molecule has 0 bridgehead atoms. The van der Waals surface area contributed by atoms with Gasteiger partial charge in [-0.2, -0.15) is 0 Å². The lowest BCUT2D eigenvalue weighted by Gasteiger charge is -2.20. The summed E-state index contributed by atoms with van der Waals surface area (Å²) in [6.45, 7) is 14.5. The van der Waals surface area contributed by atoms with Crippen LogP contribution in [0.5, 0.6) is 0 Å². The Kier molecular flexibility index (Phi) is 8.24. The molecule has 3 heteroatoms. The average molecular weight is 237 g/mol. The van der Waals surface area contributed by atoms with Crippen LogP contribution in [0.15, 0.2) is 37.5 Å². The Morgan fingerprint density at radius 2 is 2.12 bits per heavy atom. The maximum atomic E-state index is 5.67. The molecule has 0 aromatic carbocycles. The van der Waals surface area contributed by atoms with Crippen LogP contribution in [0.1, 0.15) is 32.6 Å². The Balaban J connectivity index is 3.80. The van der Waals surface area contributed by atoms with Crippen molar-refractivity contribution in [3.8, 4) is 0 Å². The molecule has 3 N–H and O–H groups in total. The number of hydrogen-bond acceptors (Lipinski definition) is 3. The fourth-order valence-corrected chi connectivity index (χ4v) is 1.56.